The average Bonchev–Trinajstić information content (AvgIpc) is 3.76. The number of hydrogen-bond acceptors (Lipinski definition) is 7. The van der Waals surface area contributed by atoms with E-state index < -0.39 is 35.3 Å². The molecule has 1 saturated carbocycles. The van der Waals surface area contributed by atoms with Crippen LogP contribution in [0.1, 0.15) is 40.0 Å². The van der Waals surface area contributed by atoms with Gasteiger partial charge in [0.05, 0.1) is 24.9 Å². The number of nitrogens with two attached hydrogens (primary N) is 1. The van der Waals surface area contributed by atoms with Gasteiger partial charge in [0, 0.05) is 54.2 Å². The monoisotopic (exact) mass is 680 g/mol. The minimum absolute atomic E-state index is 0.00758. The number of aromatic nitrogens is 4. The molecule has 0 unspecified atom stereocenters. The van der Waals surface area contributed by atoms with Crippen LogP contribution in [0.3, 0.4) is 0 Å². The number of amides is 1. The molecule has 0 radical (unpaired) electrons. The summed E-state index contributed by atoms with van der Waals surface area (Å²) in [6, 6.07) is 13.6. The number of aromatic carboxylic acids is 1. The lowest BCUT2D eigenvalue weighted by Gasteiger charge is -2.33. The molecule has 50 heavy (non-hydrogen) atoms. The van der Waals surface area contributed by atoms with E-state index in [9.17, 15) is 24.2 Å². The molecule has 0 bridgehead atoms. The first-order chi connectivity index (χ1) is 24.0. The second kappa shape index (κ2) is 11.8. The Bertz CT molecular complexity index is 2370. The summed E-state index contributed by atoms with van der Waals surface area (Å²) in [5.74, 6) is -1.33. The van der Waals surface area contributed by atoms with Crippen LogP contribution >= 0.6 is 0 Å². The molecule has 0 spiro atoms. The fourth-order valence-corrected chi connectivity index (χ4v) is 7.19. The van der Waals surface area contributed by atoms with Gasteiger partial charge in [-0.3, -0.25) is 9.78 Å². The third-order valence-electron chi connectivity index (χ3n) is 9.85. The van der Waals surface area contributed by atoms with Gasteiger partial charge in [-0.15, -0.1) is 0 Å². The van der Waals surface area contributed by atoms with Gasteiger partial charge >= 0.3 is 5.97 Å². The van der Waals surface area contributed by atoms with E-state index in [1.807, 2.05) is 35.9 Å². The number of carboxylic acid groups (broad SMARTS) is 1. The largest absolute Gasteiger partial charge is 0.506 e. The minimum atomic E-state index is -1.36. The molecule has 2 aliphatic rings. The Kier molecular flexibility index (Phi) is 7.48. The number of carbonyl (C=O) groups excluding carboxylic acids is 1. The molecular weight excluding hydrogens is 646 g/mol. The number of piperidine rings is 1. The molecule has 13 heteroatoms. The van der Waals surface area contributed by atoms with Crippen molar-refractivity contribution in [3.05, 3.63) is 71.7 Å². The van der Waals surface area contributed by atoms with Crippen LogP contribution in [0.25, 0.3) is 55.5 Å². The van der Waals surface area contributed by atoms with Gasteiger partial charge in [0.15, 0.2) is 5.82 Å². The molecule has 1 aliphatic carbocycles. The zero-order valence-corrected chi connectivity index (χ0v) is 27.4. The second-order valence-electron chi connectivity index (χ2n) is 13.4. The predicted molar refractivity (Wildman–Crippen MR) is 184 cm³/mol. The molecular formula is C37H34F2N6O5. The number of pyridine rings is 1. The van der Waals surface area contributed by atoms with E-state index in [2.05, 4.69) is 9.55 Å². The molecule has 1 amide bonds. The van der Waals surface area contributed by atoms with Crippen molar-refractivity contribution in [3.63, 3.8) is 0 Å². The first kappa shape index (κ1) is 31.7. The van der Waals surface area contributed by atoms with Gasteiger partial charge in [-0.05, 0) is 72.7 Å². The first-order valence-corrected chi connectivity index (χ1v) is 16.4. The van der Waals surface area contributed by atoms with Gasteiger partial charge < -0.3 is 34.7 Å². The second-order valence-corrected chi connectivity index (χ2v) is 13.4. The average molecular weight is 681 g/mol. The molecule has 8 rings (SSSR count). The Morgan fingerprint density at radius 1 is 1.08 bits per heavy atom. The highest BCUT2D eigenvalue weighted by molar-refractivity contribution is 6.02. The number of ether oxygens (including phenoxy) is 1. The van der Waals surface area contributed by atoms with E-state index >= 15 is 4.39 Å². The highest BCUT2D eigenvalue weighted by atomic mass is 19.1. The van der Waals surface area contributed by atoms with Crippen LogP contribution < -0.4 is 10.5 Å². The van der Waals surface area contributed by atoms with Gasteiger partial charge in [-0.1, -0.05) is 12.1 Å². The lowest BCUT2D eigenvalue weighted by molar-refractivity contribution is 0.0606. The summed E-state index contributed by atoms with van der Waals surface area (Å²) in [6.07, 6.45) is 2.17. The van der Waals surface area contributed by atoms with Crippen molar-refractivity contribution in [3.8, 4) is 34.1 Å². The van der Waals surface area contributed by atoms with Crippen molar-refractivity contribution < 1.29 is 33.3 Å². The predicted octanol–water partition coefficient (Wildman–Crippen LogP) is 5.88. The van der Waals surface area contributed by atoms with Crippen molar-refractivity contribution in [2.45, 2.75) is 38.0 Å². The van der Waals surface area contributed by atoms with E-state index in [1.165, 1.54) is 18.1 Å². The van der Waals surface area contributed by atoms with Gasteiger partial charge in [-0.25, -0.2) is 18.6 Å². The number of hydrogen-bond donors (Lipinski definition) is 3. The van der Waals surface area contributed by atoms with E-state index in [4.69, 9.17) is 15.5 Å². The normalized spacial score (nSPS) is 18.0. The standard InChI is InChI=1S/C37H34F2N6O5/c1-43-33-28(9-22(12-31(33)50-2)36(47)44-16-23(38)13-24(40)17-44)42-35(43)30-11-20-6-5-19(10-29(20)45(30)15-18-3-4-18)21-7-25-32(27(39)8-21)41-14-26(34(25)46)37(48)49/h5-12,14,18,23-24H,3-4,13,15-17,40H2,1-2H3,(H,41,46)(H,48,49)/t23-,24-/m1/s1. The van der Waals surface area contributed by atoms with Crippen LogP contribution in [0, 0.1) is 11.7 Å². The number of methoxy groups -OCH3 is 1. The van der Waals surface area contributed by atoms with Gasteiger partial charge in [0.25, 0.3) is 5.91 Å². The first-order valence-electron chi connectivity index (χ1n) is 16.4. The molecule has 2 atom stereocenters. The number of carboxylic acids is 1. The quantitative estimate of drug-likeness (QED) is 0.189. The van der Waals surface area contributed by atoms with Crippen LogP contribution in [-0.4, -0.2) is 78.5 Å². The lowest BCUT2D eigenvalue weighted by atomic mass is 10.0. The Balaban J connectivity index is 1.24. The number of aromatic hydroxyl groups is 1. The van der Waals surface area contributed by atoms with E-state index in [1.54, 1.807) is 18.2 Å². The summed E-state index contributed by atoms with van der Waals surface area (Å²) in [7, 11) is 3.42. The van der Waals surface area contributed by atoms with Crippen molar-refractivity contribution in [2.75, 3.05) is 20.2 Å². The number of benzene rings is 3. The number of likely N-dealkylation sites (tertiary alicyclic amines) is 1. The molecule has 3 aromatic heterocycles. The molecule has 3 aromatic carbocycles. The van der Waals surface area contributed by atoms with Crippen LogP contribution in [0.2, 0.25) is 0 Å². The number of fused-ring (bicyclic) bond motifs is 3. The Morgan fingerprint density at radius 2 is 1.88 bits per heavy atom. The lowest BCUT2D eigenvalue weighted by Crippen LogP contribution is -2.50. The zero-order valence-electron chi connectivity index (χ0n) is 27.4. The smallest absolute Gasteiger partial charge is 0.341 e. The summed E-state index contributed by atoms with van der Waals surface area (Å²) in [5.41, 5.74) is 9.93. The van der Waals surface area contributed by atoms with Crippen LogP contribution in [0.5, 0.6) is 11.5 Å². The highest BCUT2D eigenvalue weighted by Gasteiger charge is 2.31. The molecule has 256 valence electrons. The topological polar surface area (TPSA) is 149 Å². The number of carbonyl (C=O) groups is 2. The Hall–Kier alpha value is -5.56. The van der Waals surface area contributed by atoms with Gasteiger partial charge in [0.1, 0.15) is 40.1 Å². The van der Waals surface area contributed by atoms with Crippen LogP contribution in [-0.2, 0) is 13.6 Å². The fraction of sp³-hybridized carbons (Fsp3) is 0.297. The molecule has 6 aromatic rings. The molecule has 1 saturated heterocycles. The number of imidazole rings is 1. The number of aryl methyl sites for hydroxylation is 1. The number of alkyl halides is 1. The van der Waals surface area contributed by atoms with Crippen molar-refractivity contribution in [1.82, 2.24) is 24.0 Å². The van der Waals surface area contributed by atoms with Crippen molar-refractivity contribution >= 4 is 44.7 Å². The third kappa shape index (κ3) is 5.28. The molecule has 4 heterocycles. The molecule has 2 fully saturated rings. The van der Waals surface area contributed by atoms with Crippen LogP contribution in [0.15, 0.2) is 54.7 Å². The Labute approximate surface area is 284 Å². The summed E-state index contributed by atoms with van der Waals surface area (Å²) in [6.45, 7) is 0.977. The summed E-state index contributed by atoms with van der Waals surface area (Å²) >= 11 is 0. The van der Waals surface area contributed by atoms with Crippen LogP contribution in [0.4, 0.5) is 8.78 Å². The molecule has 1 aliphatic heterocycles. The number of halogens is 2. The van der Waals surface area contributed by atoms with E-state index in [0.29, 0.717) is 45.2 Å². The number of rotatable bonds is 7. The maximum atomic E-state index is 15.3. The number of nitrogens with zero attached hydrogens (tertiary/aromatic N) is 5. The maximum absolute atomic E-state index is 15.3. The summed E-state index contributed by atoms with van der Waals surface area (Å²) in [5, 5.41) is 21.1. The minimum Gasteiger partial charge on any atom is -0.506 e. The molecule has 11 nitrogen and oxygen atoms in total. The van der Waals surface area contributed by atoms with E-state index in [-0.39, 0.29) is 36.3 Å². The summed E-state index contributed by atoms with van der Waals surface area (Å²) in [4.78, 5) is 35.5. The SMILES string of the molecule is COc1cc(C(=O)N2C[C@H](N)C[C@@H](F)C2)cc2nc(-c3cc4ccc(-c5cc(F)c6ncc(C(=O)O)c(O)c6c5)cc4n3CC3CC3)n(C)c12. The highest BCUT2D eigenvalue weighted by Crippen LogP contribution is 2.40. The zero-order chi connectivity index (χ0) is 35.0. The van der Waals surface area contributed by atoms with Crippen molar-refractivity contribution in [1.29, 1.82) is 0 Å². The van der Waals surface area contributed by atoms with Gasteiger partial charge in [0.2, 0.25) is 0 Å². The van der Waals surface area contributed by atoms with E-state index in [0.717, 1.165) is 42.2 Å². The third-order valence-corrected chi connectivity index (χ3v) is 9.85. The summed E-state index contributed by atoms with van der Waals surface area (Å²) < 4.78 is 39.5. The Morgan fingerprint density at radius 3 is 2.60 bits per heavy atom. The van der Waals surface area contributed by atoms with Gasteiger partial charge in [-0.2, -0.15) is 0 Å². The van der Waals surface area contributed by atoms with Crippen molar-refractivity contribution in [2.24, 2.45) is 18.7 Å². The fourth-order valence-electron chi connectivity index (χ4n) is 7.19. The maximum Gasteiger partial charge on any atom is 0.341 e. The molecule has 4 N–H and O–H groups in total.